The first kappa shape index (κ1) is 29.1. The lowest BCUT2D eigenvalue weighted by Gasteiger charge is -2.54. The molecular weight excluding hydrogens is 548 g/mol. The predicted molar refractivity (Wildman–Crippen MR) is 155 cm³/mol. The van der Waals surface area contributed by atoms with Crippen LogP contribution in [0.25, 0.3) is 22.6 Å². The second-order valence-electron chi connectivity index (χ2n) is 11.0. The number of likely N-dealkylation sites (tertiary alicyclic amines) is 1. The third-order valence-corrected chi connectivity index (χ3v) is 8.39. The molecule has 0 bridgehead atoms. The molecule has 1 atom stereocenters. The normalized spacial score (nSPS) is 17.0. The number of aryl methyl sites for hydroxylation is 2. The van der Waals surface area contributed by atoms with Crippen LogP contribution in [0.2, 0.25) is 5.02 Å². The van der Waals surface area contributed by atoms with Gasteiger partial charge in [-0.15, -0.1) is 0 Å². The van der Waals surface area contributed by atoms with Crippen molar-refractivity contribution < 1.29 is 23.9 Å². The van der Waals surface area contributed by atoms with Crippen molar-refractivity contribution in [2.24, 2.45) is 5.41 Å². The summed E-state index contributed by atoms with van der Waals surface area (Å²) in [6.07, 6.45) is 0.912. The van der Waals surface area contributed by atoms with Crippen LogP contribution in [0.4, 0.5) is 10.6 Å². The number of aliphatic hydroxyl groups excluding tert-OH is 1. The van der Waals surface area contributed by atoms with Crippen molar-refractivity contribution in [2.45, 2.75) is 39.7 Å². The molecule has 1 aromatic carbocycles. The minimum Gasteiger partial charge on any atom is -0.491 e. The van der Waals surface area contributed by atoms with Crippen LogP contribution in [-0.4, -0.2) is 90.8 Å². The van der Waals surface area contributed by atoms with Gasteiger partial charge in [-0.05, 0) is 58.9 Å². The van der Waals surface area contributed by atoms with E-state index in [1.807, 2.05) is 20.8 Å². The Labute approximate surface area is 244 Å². The zero-order valence-electron chi connectivity index (χ0n) is 24.2. The Kier molecular flexibility index (Phi) is 8.40. The van der Waals surface area contributed by atoms with Crippen LogP contribution < -0.4 is 15.0 Å². The number of likely N-dealkylation sites (N-methyl/N-ethyl adjacent to an activating group) is 1. The molecule has 2 aliphatic heterocycles. The summed E-state index contributed by atoms with van der Waals surface area (Å²) in [5.41, 5.74) is 4.03. The number of amides is 1. The maximum atomic E-state index is 12.0. The van der Waals surface area contributed by atoms with E-state index in [2.05, 4.69) is 15.4 Å². The number of aliphatic hydroxyl groups is 1. The average molecular weight is 585 g/mol. The number of rotatable bonds is 8. The fourth-order valence-corrected chi connectivity index (χ4v) is 5.97. The minimum absolute atomic E-state index is 0.130. The number of hydrogen-bond acceptors (Lipinski definition) is 10. The van der Waals surface area contributed by atoms with Gasteiger partial charge in [0.15, 0.2) is 5.82 Å². The van der Waals surface area contributed by atoms with Gasteiger partial charge in [0.25, 0.3) is 0 Å². The van der Waals surface area contributed by atoms with Gasteiger partial charge in [0.05, 0.1) is 29.1 Å². The third-order valence-electron chi connectivity index (χ3n) is 8.06. The first-order valence-electron chi connectivity index (χ1n) is 13.8. The number of halogens is 1. The Morgan fingerprint density at radius 1 is 1.22 bits per heavy atom. The van der Waals surface area contributed by atoms with Crippen molar-refractivity contribution >= 4 is 23.5 Å². The molecule has 5 rings (SSSR count). The van der Waals surface area contributed by atoms with Crippen LogP contribution in [0.15, 0.2) is 22.7 Å². The smallest absolute Gasteiger partial charge is 0.409 e. The Hall–Kier alpha value is -3.41. The Morgan fingerprint density at radius 2 is 1.95 bits per heavy atom. The second kappa shape index (κ2) is 11.8. The van der Waals surface area contributed by atoms with Gasteiger partial charge in [-0.25, -0.2) is 14.8 Å². The molecule has 11 nitrogen and oxygen atoms in total. The SMILES string of the molecule is CNC[C@@H](O)COc1ccc(Cl)c(-c2nc(-c3c(C)noc3C)c(C)c(N3CC4(CCN(C(=O)OC)CC4)C3)n2)c1. The van der Waals surface area contributed by atoms with Crippen molar-refractivity contribution in [1.82, 2.24) is 25.3 Å². The van der Waals surface area contributed by atoms with Crippen molar-refractivity contribution in [1.29, 1.82) is 0 Å². The summed E-state index contributed by atoms with van der Waals surface area (Å²) in [5.74, 6) is 2.54. The highest BCUT2D eigenvalue weighted by molar-refractivity contribution is 6.33. The van der Waals surface area contributed by atoms with Gasteiger partial charge in [-0.1, -0.05) is 16.8 Å². The maximum absolute atomic E-state index is 12.0. The Bertz CT molecular complexity index is 1390. The largest absolute Gasteiger partial charge is 0.491 e. The fraction of sp³-hybridized carbons (Fsp3) is 0.517. The molecule has 3 aromatic rings. The summed E-state index contributed by atoms with van der Waals surface area (Å²) in [7, 11) is 3.20. The van der Waals surface area contributed by atoms with E-state index in [4.69, 9.17) is 35.6 Å². The van der Waals surface area contributed by atoms with E-state index in [1.165, 1.54) is 7.11 Å². The molecule has 41 heavy (non-hydrogen) atoms. The topological polar surface area (TPSA) is 126 Å². The summed E-state index contributed by atoms with van der Waals surface area (Å²) in [6.45, 7) is 9.39. The number of nitrogens with zero attached hydrogens (tertiary/aromatic N) is 5. The van der Waals surface area contributed by atoms with E-state index >= 15 is 0 Å². The van der Waals surface area contributed by atoms with Crippen LogP contribution >= 0.6 is 11.6 Å². The second-order valence-corrected chi connectivity index (χ2v) is 11.4. The first-order chi connectivity index (χ1) is 19.6. The van der Waals surface area contributed by atoms with Crippen LogP contribution in [-0.2, 0) is 4.74 Å². The number of aromatic nitrogens is 3. The molecule has 220 valence electrons. The number of anilines is 1. The van der Waals surface area contributed by atoms with E-state index < -0.39 is 6.10 Å². The lowest BCUT2D eigenvalue weighted by Crippen LogP contribution is -2.61. The van der Waals surface area contributed by atoms with E-state index in [1.54, 1.807) is 30.1 Å². The van der Waals surface area contributed by atoms with Crippen molar-refractivity contribution in [3.05, 3.63) is 40.2 Å². The van der Waals surface area contributed by atoms with Crippen molar-refractivity contribution in [3.63, 3.8) is 0 Å². The summed E-state index contributed by atoms with van der Waals surface area (Å²) in [4.78, 5) is 26.0. The number of methoxy groups -OCH3 is 1. The van der Waals surface area contributed by atoms with E-state index in [-0.39, 0.29) is 18.1 Å². The number of carbonyl (C=O) groups excluding carboxylic acids is 1. The van der Waals surface area contributed by atoms with E-state index in [0.717, 1.165) is 54.3 Å². The van der Waals surface area contributed by atoms with Gasteiger partial charge in [0.1, 0.15) is 30.0 Å². The first-order valence-corrected chi connectivity index (χ1v) is 14.2. The number of piperidine rings is 1. The van der Waals surface area contributed by atoms with Crippen LogP contribution in [0.5, 0.6) is 5.75 Å². The lowest BCUT2D eigenvalue weighted by atomic mass is 9.72. The molecular formula is C29H37ClN6O5. The standard InChI is InChI=1S/C29H37ClN6O5/c1-17-25(24-18(2)34-41-19(24)3)32-26(22-12-21(6-7-23(22)30)40-14-20(37)13-31-4)33-27(17)36-15-29(16-36)8-10-35(11-9-29)28(38)39-5/h6-7,12,20,31,37H,8-11,13-16H2,1-5H3/t20-/m1/s1. The summed E-state index contributed by atoms with van der Waals surface area (Å²) < 4.78 is 16.2. The Balaban J connectivity index is 1.48. The van der Waals surface area contributed by atoms with Crippen LogP contribution in [0, 0.1) is 26.2 Å². The quantitative estimate of drug-likeness (QED) is 0.401. The van der Waals surface area contributed by atoms with Crippen LogP contribution in [0.1, 0.15) is 29.9 Å². The molecule has 2 aromatic heterocycles. The van der Waals surface area contributed by atoms with Gasteiger partial charge in [0.2, 0.25) is 0 Å². The highest BCUT2D eigenvalue weighted by Gasteiger charge is 2.47. The molecule has 2 fully saturated rings. The predicted octanol–water partition coefficient (Wildman–Crippen LogP) is 4.00. The lowest BCUT2D eigenvalue weighted by molar-refractivity contribution is 0.0621. The maximum Gasteiger partial charge on any atom is 0.409 e. The van der Waals surface area contributed by atoms with E-state index in [9.17, 15) is 9.90 Å². The molecule has 12 heteroatoms. The number of ether oxygens (including phenoxy) is 2. The highest BCUT2D eigenvalue weighted by atomic mass is 35.5. The van der Waals surface area contributed by atoms with Gasteiger partial charge in [-0.3, -0.25) is 0 Å². The number of benzene rings is 1. The minimum atomic E-state index is -0.647. The molecule has 0 aliphatic carbocycles. The van der Waals surface area contributed by atoms with Crippen molar-refractivity contribution in [3.8, 4) is 28.4 Å². The molecule has 4 heterocycles. The number of carbonyl (C=O) groups is 1. The zero-order valence-corrected chi connectivity index (χ0v) is 24.9. The zero-order chi connectivity index (χ0) is 29.3. The molecule has 2 N–H and O–H groups in total. The average Bonchev–Trinajstić information content (AvgIpc) is 3.28. The molecule has 0 saturated carbocycles. The fourth-order valence-electron chi connectivity index (χ4n) is 5.77. The van der Waals surface area contributed by atoms with E-state index in [0.29, 0.717) is 47.6 Å². The molecule has 0 unspecified atom stereocenters. The molecule has 1 amide bonds. The van der Waals surface area contributed by atoms with Crippen molar-refractivity contribution in [2.75, 3.05) is 58.4 Å². The number of nitrogens with one attached hydrogen (secondary N) is 1. The molecule has 0 radical (unpaired) electrons. The van der Waals surface area contributed by atoms with Gasteiger partial charge >= 0.3 is 6.09 Å². The van der Waals surface area contributed by atoms with Gasteiger partial charge in [-0.2, -0.15) is 0 Å². The number of hydrogen-bond donors (Lipinski definition) is 2. The summed E-state index contributed by atoms with van der Waals surface area (Å²) in [6, 6.07) is 5.32. The van der Waals surface area contributed by atoms with Gasteiger partial charge < -0.3 is 34.2 Å². The molecule has 2 aliphatic rings. The monoisotopic (exact) mass is 584 g/mol. The highest BCUT2D eigenvalue weighted by Crippen LogP contribution is 2.45. The summed E-state index contributed by atoms with van der Waals surface area (Å²) >= 11 is 6.69. The van der Waals surface area contributed by atoms with Crippen LogP contribution in [0.3, 0.4) is 0 Å². The summed E-state index contributed by atoms with van der Waals surface area (Å²) in [5, 5.41) is 17.7. The third kappa shape index (κ3) is 5.84. The molecule has 1 spiro atoms. The van der Waals surface area contributed by atoms with Gasteiger partial charge in [0, 0.05) is 49.3 Å². The molecule has 2 saturated heterocycles. The Morgan fingerprint density at radius 3 is 2.59 bits per heavy atom.